The molecule has 3 rings (SSSR count). The van der Waals surface area contributed by atoms with Gasteiger partial charge in [-0.3, -0.25) is 9.48 Å². The number of hydrogen-bond donors (Lipinski definition) is 0. The Morgan fingerprint density at radius 2 is 1.81 bits per heavy atom. The Hall–Kier alpha value is -1.82. The second kappa shape index (κ2) is 5.18. The molecule has 0 fully saturated rings. The van der Waals surface area contributed by atoms with Gasteiger partial charge in [0.1, 0.15) is 11.0 Å². The zero-order valence-corrected chi connectivity index (χ0v) is 12.1. The van der Waals surface area contributed by atoms with E-state index in [1.165, 1.54) is 17.9 Å². The normalized spacial score (nSPS) is 14.1. The summed E-state index contributed by atoms with van der Waals surface area (Å²) in [6.45, 7) is 1.15. The molecule has 21 heavy (non-hydrogen) atoms. The lowest BCUT2D eigenvalue weighted by Crippen LogP contribution is -2.27. The number of rotatable bonds is 2. The molecule has 0 saturated heterocycles. The van der Waals surface area contributed by atoms with Crippen LogP contribution in [-0.2, 0) is 13.1 Å². The summed E-state index contributed by atoms with van der Waals surface area (Å²) >= 11 is 6.23. The molecule has 1 aliphatic heterocycles. The number of aromatic nitrogens is 2. The van der Waals surface area contributed by atoms with Crippen molar-refractivity contribution in [2.75, 3.05) is 7.11 Å². The molecule has 2 heterocycles. The van der Waals surface area contributed by atoms with Crippen LogP contribution in [0.3, 0.4) is 0 Å². The van der Waals surface area contributed by atoms with Gasteiger partial charge in [0.25, 0.3) is 5.56 Å². The molecule has 0 saturated carbocycles. The molecule has 0 atom stereocenters. The minimum atomic E-state index is -0.837. The van der Waals surface area contributed by atoms with Gasteiger partial charge in [0.2, 0.25) is 0 Å². The summed E-state index contributed by atoms with van der Waals surface area (Å²) in [7, 11) is 1.28. The van der Waals surface area contributed by atoms with E-state index < -0.39 is 11.6 Å². The van der Waals surface area contributed by atoms with Crippen molar-refractivity contribution in [3.05, 3.63) is 39.3 Å². The fourth-order valence-corrected chi connectivity index (χ4v) is 2.99. The van der Waals surface area contributed by atoms with E-state index in [1.54, 1.807) is 4.68 Å². The van der Waals surface area contributed by atoms with Crippen LogP contribution in [0.2, 0.25) is 5.15 Å². The number of hydrogen-bond acceptors (Lipinski definition) is 2. The maximum absolute atomic E-state index is 14.1. The molecule has 7 heteroatoms. The zero-order chi connectivity index (χ0) is 15.1. The first kappa shape index (κ1) is 14.1. The first-order valence-electron chi connectivity index (χ1n) is 6.57. The average molecular weight is 315 g/mol. The lowest BCUT2D eigenvalue weighted by atomic mass is 10.1. The molecule has 0 N–H and O–H groups in total. The van der Waals surface area contributed by atoms with Crippen LogP contribution in [0.15, 0.2) is 16.9 Å². The number of nitrogens with zero attached hydrogens (tertiary/aromatic N) is 2. The number of fused-ring (bicyclic) bond motifs is 1. The van der Waals surface area contributed by atoms with E-state index in [2.05, 4.69) is 0 Å². The highest BCUT2D eigenvalue weighted by Crippen LogP contribution is 2.33. The van der Waals surface area contributed by atoms with Gasteiger partial charge in [-0.25, -0.2) is 13.5 Å². The maximum Gasteiger partial charge on any atom is 0.276 e. The average Bonchev–Trinajstić information content (AvgIpc) is 2.72. The molecule has 4 nitrogen and oxygen atoms in total. The van der Waals surface area contributed by atoms with E-state index in [1.807, 2.05) is 0 Å². The molecule has 2 aromatic rings. The number of benzene rings is 1. The van der Waals surface area contributed by atoms with Gasteiger partial charge in [0, 0.05) is 24.7 Å². The molecule has 0 spiro atoms. The molecule has 0 amide bonds. The van der Waals surface area contributed by atoms with Crippen molar-refractivity contribution in [2.45, 2.75) is 25.9 Å². The van der Waals surface area contributed by atoms with Crippen LogP contribution in [0.25, 0.3) is 11.1 Å². The van der Waals surface area contributed by atoms with Crippen molar-refractivity contribution in [1.82, 2.24) is 9.36 Å². The van der Waals surface area contributed by atoms with Gasteiger partial charge >= 0.3 is 0 Å². The molecule has 0 unspecified atom stereocenters. The van der Waals surface area contributed by atoms with Gasteiger partial charge in [0.15, 0.2) is 11.6 Å². The monoisotopic (exact) mass is 314 g/mol. The third-order valence-corrected chi connectivity index (χ3v) is 4.06. The van der Waals surface area contributed by atoms with Gasteiger partial charge in [0.05, 0.1) is 12.7 Å². The highest BCUT2D eigenvalue weighted by molar-refractivity contribution is 6.32. The summed E-state index contributed by atoms with van der Waals surface area (Å²) in [4.78, 5) is 12.4. The number of ether oxygens (including phenoxy) is 1. The first-order chi connectivity index (χ1) is 10.0. The largest absolute Gasteiger partial charge is 0.494 e. The second-order valence-electron chi connectivity index (χ2n) is 4.89. The fourth-order valence-electron chi connectivity index (χ4n) is 2.63. The van der Waals surface area contributed by atoms with Gasteiger partial charge in [-0.15, -0.1) is 0 Å². The standard InChI is InChI=1S/C14H13ClF2N2O2/c1-21-11-6-8(9(16)7-10(11)17)12-13(15)18-4-2-3-5-19(18)14(12)20/h6-7H,2-5H2,1H3. The zero-order valence-electron chi connectivity index (χ0n) is 11.3. The van der Waals surface area contributed by atoms with E-state index in [0.717, 1.165) is 12.8 Å². The van der Waals surface area contributed by atoms with Crippen molar-refractivity contribution >= 4 is 11.6 Å². The predicted octanol–water partition coefficient (Wildman–Crippen LogP) is 3.05. The van der Waals surface area contributed by atoms with Crippen molar-refractivity contribution in [3.63, 3.8) is 0 Å². The molecule has 1 aromatic carbocycles. The minimum absolute atomic E-state index is 0.0438. The van der Waals surface area contributed by atoms with E-state index in [0.29, 0.717) is 19.2 Å². The number of methoxy groups -OCH3 is 1. The van der Waals surface area contributed by atoms with Crippen molar-refractivity contribution in [3.8, 4) is 16.9 Å². The summed E-state index contributed by atoms with van der Waals surface area (Å²) < 4.78 is 35.5. The molecule has 112 valence electrons. The number of halogens is 3. The first-order valence-corrected chi connectivity index (χ1v) is 6.95. The highest BCUT2D eigenvalue weighted by Gasteiger charge is 2.25. The van der Waals surface area contributed by atoms with Crippen molar-refractivity contribution in [2.24, 2.45) is 0 Å². The summed E-state index contributed by atoms with van der Waals surface area (Å²) in [5.74, 6) is -1.79. The van der Waals surface area contributed by atoms with Gasteiger partial charge < -0.3 is 4.74 Å². The van der Waals surface area contributed by atoms with Crippen LogP contribution < -0.4 is 10.3 Å². The van der Waals surface area contributed by atoms with Crippen LogP contribution in [0, 0.1) is 11.6 Å². The summed E-state index contributed by atoms with van der Waals surface area (Å²) in [6, 6.07) is 1.87. The summed E-state index contributed by atoms with van der Waals surface area (Å²) in [5, 5.41) is 0.173. The molecule has 0 radical (unpaired) electrons. The lowest BCUT2D eigenvalue weighted by Gasteiger charge is -2.17. The van der Waals surface area contributed by atoms with Gasteiger partial charge in [-0.1, -0.05) is 11.6 Å². The molecular weight excluding hydrogens is 302 g/mol. The van der Waals surface area contributed by atoms with E-state index in [-0.39, 0.29) is 27.6 Å². The van der Waals surface area contributed by atoms with Gasteiger partial charge in [-0.05, 0) is 18.9 Å². The minimum Gasteiger partial charge on any atom is -0.494 e. The third-order valence-electron chi connectivity index (χ3n) is 3.67. The van der Waals surface area contributed by atoms with Gasteiger partial charge in [-0.2, -0.15) is 0 Å². The molecule has 0 bridgehead atoms. The van der Waals surface area contributed by atoms with E-state index >= 15 is 0 Å². The second-order valence-corrected chi connectivity index (χ2v) is 5.25. The Kier molecular flexibility index (Phi) is 3.49. The van der Waals surface area contributed by atoms with Crippen LogP contribution in [-0.4, -0.2) is 16.5 Å². The maximum atomic E-state index is 14.1. The SMILES string of the molecule is COc1cc(-c2c(Cl)n3n(c2=O)CCCC3)c(F)cc1F. The molecule has 1 aliphatic rings. The third kappa shape index (κ3) is 2.14. The Morgan fingerprint density at radius 1 is 1.14 bits per heavy atom. The summed E-state index contributed by atoms with van der Waals surface area (Å²) in [6.07, 6.45) is 1.78. The lowest BCUT2D eigenvalue weighted by molar-refractivity contribution is 0.356. The Morgan fingerprint density at radius 3 is 2.43 bits per heavy atom. The highest BCUT2D eigenvalue weighted by atomic mass is 35.5. The van der Waals surface area contributed by atoms with Crippen LogP contribution in [0.1, 0.15) is 12.8 Å². The quantitative estimate of drug-likeness (QED) is 0.854. The molecule has 0 aliphatic carbocycles. The van der Waals surface area contributed by atoms with Crippen LogP contribution >= 0.6 is 11.6 Å². The Balaban J connectivity index is 2.27. The van der Waals surface area contributed by atoms with Crippen molar-refractivity contribution in [1.29, 1.82) is 0 Å². The molecular formula is C14H13ClF2N2O2. The smallest absolute Gasteiger partial charge is 0.276 e. The van der Waals surface area contributed by atoms with Crippen LogP contribution in [0.4, 0.5) is 8.78 Å². The van der Waals surface area contributed by atoms with Crippen molar-refractivity contribution < 1.29 is 13.5 Å². The topological polar surface area (TPSA) is 36.2 Å². The van der Waals surface area contributed by atoms with E-state index in [9.17, 15) is 13.6 Å². The molecule has 1 aromatic heterocycles. The van der Waals surface area contributed by atoms with Crippen LogP contribution in [0.5, 0.6) is 5.75 Å². The Labute approximate surface area is 124 Å². The fraction of sp³-hybridized carbons (Fsp3) is 0.357. The van der Waals surface area contributed by atoms with E-state index in [4.69, 9.17) is 16.3 Å². The predicted molar refractivity (Wildman–Crippen MR) is 74.8 cm³/mol. The Bertz CT molecular complexity index is 767. The summed E-state index contributed by atoms with van der Waals surface area (Å²) in [5.41, 5.74) is -0.362.